The van der Waals surface area contributed by atoms with Gasteiger partial charge in [0.15, 0.2) is 0 Å². The van der Waals surface area contributed by atoms with Gasteiger partial charge in [0.2, 0.25) is 6.41 Å². The Hall–Kier alpha value is -1.91. The average Bonchev–Trinajstić information content (AvgIpc) is 2.97. The van der Waals surface area contributed by atoms with Crippen molar-refractivity contribution in [3.05, 3.63) is 46.0 Å². The Balaban J connectivity index is 2.05. The van der Waals surface area contributed by atoms with Crippen molar-refractivity contribution in [2.24, 2.45) is 5.92 Å². The first-order valence-corrected chi connectivity index (χ1v) is 5.60. The van der Waals surface area contributed by atoms with Crippen LogP contribution in [0.5, 0.6) is 0 Å². The number of nitro groups is 1. The molecule has 1 aromatic carbocycles. The number of nitrogens with zero attached hydrogens (tertiary/aromatic N) is 2. The van der Waals surface area contributed by atoms with Crippen molar-refractivity contribution in [1.82, 2.24) is 4.90 Å². The third-order valence-corrected chi connectivity index (χ3v) is 3.95. The first-order chi connectivity index (χ1) is 8.20. The largest absolute Gasteiger partial charge is 0.330 e. The van der Waals surface area contributed by atoms with Crippen LogP contribution in [0.25, 0.3) is 0 Å². The lowest BCUT2D eigenvalue weighted by Crippen LogP contribution is -2.36. The van der Waals surface area contributed by atoms with E-state index in [4.69, 9.17) is 0 Å². The van der Waals surface area contributed by atoms with Gasteiger partial charge in [-0.05, 0) is 5.56 Å². The van der Waals surface area contributed by atoms with Crippen LogP contribution >= 0.6 is 0 Å². The summed E-state index contributed by atoms with van der Waals surface area (Å²) in [4.78, 5) is 23.7. The highest BCUT2D eigenvalue weighted by Crippen LogP contribution is 2.61. The van der Waals surface area contributed by atoms with Crippen LogP contribution in [0.2, 0.25) is 0 Å². The summed E-state index contributed by atoms with van der Waals surface area (Å²) in [5, 5.41) is 11.3. The first kappa shape index (κ1) is 10.3. The second-order valence-corrected chi connectivity index (χ2v) is 4.76. The predicted octanol–water partition coefficient (Wildman–Crippen LogP) is 1.24. The SMILES string of the molecule is O=CN1C[C@H]2C[C@@]2([N+](=O)[O-])[C@@H]1c1ccccc1. The van der Waals surface area contributed by atoms with Crippen LogP contribution in [0.1, 0.15) is 18.0 Å². The number of likely N-dealkylation sites (tertiary alicyclic amines) is 1. The van der Waals surface area contributed by atoms with Crippen LogP contribution in [0, 0.1) is 16.0 Å². The smallest absolute Gasteiger partial charge is 0.251 e. The van der Waals surface area contributed by atoms with Crippen molar-refractivity contribution in [2.75, 3.05) is 6.54 Å². The van der Waals surface area contributed by atoms with E-state index >= 15 is 0 Å². The van der Waals surface area contributed by atoms with Crippen LogP contribution in [-0.2, 0) is 4.79 Å². The molecule has 3 rings (SSSR count). The fourth-order valence-corrected chi connectivity index (χ4v) is 3.08. The molecule has 5 heteroatoms. The van der Waals surface area contributed by atoms with Gasteiger partial charge in [-0.25, -0.2) is 0 Å². The van der Waals surface area contributed by atoms with Crippen molar-refractivity contribution in [3.63, 3.8) is 0 Å². The second kappa shape index (κ2) is 3.29. The highest BCUT2D eigenvalue weighted by atomic mass is 16.6. The molecule has 1 saturated heterocycles. The van der Waals surface area contributed by atoms with E-state index < -0.39 is 11.6 Å². The Labute approximate surface area is 98.2 Å². The molecule has 1 saturated carbocycles. The third kappa shape index (κ3) is 1.22. The van der Waals surface area contributed by atoms with Crippen LogP contribution < -0.4 is 0 Å². The normalized spacial score (nSPS) is 34.2. The Morgan fingerprint density at radius 3 is 2.71 bits per heavy atom. The number of carbonyl (C=O) groups is 1. The fraction of sp³-hybridized carbons (Fsp3) is 0.417. The molecular weight excluding hydrogens is 220 g/mol. The molecule has 2 aliphatic rings. The van der Waals surface area contributed by atoms with Gasteiger partial charge in [-0.1, -0.05) is 30.3 Å². The number of amides is 1. The lowest BCUT2D eigenvalue weighted by atomic mass is 9.98. The highest BCUT2D eigenvalue weighted by Gasteiger charge is 2.76. The number of benzene rings is 1. The molecular formula is C12H12N2O3. The van der Waals surface area contributed by atoms with Gasteiger partial charge in [-0.15, -0.1) is 0 Å². The van der Waals surface area contributed by atoms with Crippen molar-refractivity contribution < 1.29 is 9.72 Å². The minimum absolute atomic E-state index is 0.0212. The van der Waals surface area contributed by atoms with E-state index in [1.54, 1.807) is 4.90 Å². The van der Waals surface area contributed by atoms with E-state index in [0.29, 0.717) is 13.0 Å². The molecule has 0 N–H and O–H groups in total. The summed E-state index contributed by atoms with van der Waals surface area (Å²) in [5.74, 6) is 0.0212. The minimum Gasteiger partial charge on any atom is -0.330 e. The summed E-state index contributed by atoms with van der Waals surface area (Å²) < 4.78 is 0. The molecule has 0 spiro atoms. The molecule has 0 unspecified atom stereocenters. The summed E-state index contributed by atoms with van der Waals surface area (Å²) in [6, 6.07) is 8.87. The van der Waals surface area contributed by atoms with Crippen LogP contribution in [0.4, 0.5) is 0 Å². The van der Waals surface area contributed by atoms with Gasteiger partial charge in [0.1, 0.15) is 6.04 Å². The number of fused-ring (bicyclic) bond motifs is 1. The Morgan fingerprint density at radius 1 is 1.41 bits per heavy atom. The van der Waals surface area contributed by atoms with Crippen molar-refractivity contribution in [2.45, 2.75) is 18.0 Å². The monoisotopic (exact) mass is 232 g/mol. The summed E-state index contributed by atoms with van der Waals surface area (Å²) in [5.41, 5.74) is -0.0706. The minimum atomic E-state index is -0.928. The zero-order chi connectivity index (χ0) is 12.0. The van der Waals surface area contributed by atoms with Crippen LogP contribution in [0.3, 0.4) is 0 Å². The van der Waals surface area contributed by atoms with Crippen LogP contribution in [0.15, 0.2) is 30.3 Å². The maximum Gasteiger partial charge on any atom is 0.251 e. The Morgan fingerprint density at radius 2 is 2.12 bits per heavy atom. The van der Waals surface area contributed by atoms with Gasteiger partial charge in [0.25, 0.3) is 5.54 Å². The van der Waals surface area contributed by atoms with E-state index in [-0.39, 0.29) is 10.8 Å². The van der Waals surface area contributed by atoms with Crippen LogP contribution in [-0.4, -0.2) is 28.3 Å². The van der Waals surface area contributed by atoms with E-state index in [1.807, 2.05) is 30.3 Å². The lowest BCUT2D eigenvalue weighted by Gasteiger charge is -2.24. The summed E-state index contributed by atoms with van der Waals surface area (Å²) >= 11 is 0. The second-order valence-electron chi connectivity index (χ2n) is 4.76. The van der Waals surface area contributed by atoms with Crippen molar-refractivity contribution in [3.8, 4) is 0 Å². The zero-order valence-electron chi connectivity index (χ0n) is 9.15. The quantitative estimate of drug-likeness (QED) is 0.447. The molecule has 1 aliphatic heterocycles. The first-order valence-electron chi connectivity index (χ1n) is 5.60. The number of carbonyl (C=O) groups excluding carboxylic acids is 1. The number of hydrogen-bond acceptors (Lipinski definition) is 3. The molecule has 1 aromatic rings. The van der Waals surface area contributed by atoms with E-state index in [9.17, 15) is 14.9 Å². The molecule has 0 radical (unpaired) electrons. The molecule has 1 aliphatic carbocycles. The maximum absolute atomic E-state index is 11.3. The van der Waals surface area contributed by atoms with Gasteiger partial charge in [-0.2, -0.15) is 0 Å². The third-order valence-electron chi connectivity index (χ3n) is 3.95. The summed E-state index contributed by atoms with van der Waals surface area (Å²) in [7, 11) is 0. The Bertz CT molecular complexity index is 476. The molecule has 5 nitrogen and oxygen atoms in total. The van der Waals surface area contributed by atoms with Gasteiger partial charge in [0.05, 0.1) is 5.92 Å². The maximum atomic E-state index is 11.3. The van der Waals surface area contributed by atoms with Gasteiger partial charge in [-0.3, -0.25) is 14.9 Å². The fourth-order valence-electron chi connectivity index (χ4n) is 3.08. The number of hydrogen-bond donors (Lipinski definition) is 0. The zero-order valence-corrected chi connectivity index (χ0v) is 9.15. The number of piperidine rings is 1. The molecule has 3 atom stereocenters. The van der Waals surface area contributed by atoms with Gasteiger partial charge >= 0.3 is 0 Å². The standard InChI is InChI=1S/C12H12N2O3/c15-8-13-7-10-6-12(10,14(16)17)11(13)9-4-2-1-3-5-9/h1-5,8,10-11H,6-7H2/t10-,11+,12+/m1/s1. The molecule has 1 amide bonds. The number of rotatable bonds is 3. The highest BCUT2D eigenvalue weighted by molar-refractivity contribution is 5.53. The lowest BCUT2D eigenvalue weighted by molar-refractivity contribution is -0.546. The average molecular weight is 232 g/mol. The Kier molecular flexibility index (Phi) is 1.98. The summed E-state index contributed by atoms with van der Waals surface area (Å²) in [6.07, 6.45) is 1.32. The molecule has 88 valence electrons. The van der Waals surface area contributed by atoms with E-state index in [1.165, 1.54) is 0 Å². The summed E-state index contributed by atoms with van der Waals surface area (Å²) in [6.45, 7) is 0.504. The molecule has 1 heterocycles. The molecule has 0 aromatic heterocycles. The van der Waals surface area contributed by atoms with Gasteiger partial charge in [0, 0.05) is 17.9 Å². The van der Waals surface area contributed by atoms with Crippen molar-refractivity contribution >= 4 is 6.41 Å². The van der Waals surface area contributed by atoms with E-state index in [0.717, 1.165) is 12.0 Å². The van der Waals surface area contributed by atoms with Crippen molar-refractivity contribution in [1.29, 1.82) is 0 Å². The molecule has 2 fully saturated rings. The predicted molar refractivity (Wildman–Crippen MR) is 59.8 cm³/mol. The molecule has 0 bridgehead atoms. The topological polar surface area (TPSA) is 63.5 Å². The van der Waals surface area contributed by atoms with Gasteiger partial charge < -0.3 is 4.90 Å². The molecule has 17 heavy (non-hydrogen) atoms. The van der Waals surface area contributed by atoms with E-state index in [2.05, 4.69) is 0 Å².